The summed E-state index contributed by atoms with van der Waals surface area (Å²) < 4.78 is 25.0. The number of hydrogen-bond acceptors (Lipinski definition) is 4. The Bertz CT molecular complexity index is 385. The molecule has 3 aliphatic heterocycles. The summed E-state index contributed by atoms with van der Waals surface area (Å²) in [6.07, 6.45) is 2.90. The normalized spacial score (nSPS) is 41.9. The Morgan fingerprint density at radius 2 is 1.89 bits per heavy atom. The van der Waals surface area contributed by atoms with Gasteiger partial charge in [-0.05, 0) is 0 Å². The van der Waals surface area contributed by atoms with E-state index in [2.05, 4.69) is 20.9 Å². The number of fused-ring (bicyclic) bond motifs is 3. The summed E-state index contributed by atoms with van der Waals surface area (Å²) in [5.41, 5.74) is 0. The van der Waals surface area contributed by atoms with Gasteiger partial charge < -0.3 is 0 Å². The molecule has 0 aromatic carbocycles. The Labute approximate surface area is 112 Å². The molecular formula is C13H22O4Sn. The van der Waals surface area contributed by atoms with Gasteiger partial charge in [0.25, 0.3) is 0 Å². The van der Waals surface area contributed by atoms with Crippen LogP contribution < -0.4 is 0 Å². The topological polar surface area (TPSA) is 36.9 Å². The van der Waals surface area contributed by atoms with E-state index in [1.807, 2.05) is 13.8 Å². The third kappa shape index (κ3) is 2.21. The zero-order valence-electron chi connectivity index (χ0n) is 11.7. The maximum atomic E-state index is 6.21. The van der Waals surface area contributed by atoms with E-state index in [0.717, 1.165) is 6.42 Å². The molecule has 102 valence electrons. The van der Waals surface area contributed by atoms with E-state index < -0.39 is 24.2 Å². The summed E-state index contributed by atoms with van der Waals surface area (Å²) in [4.78, 5) is 7.10. The minimum absolute atomic E-state index is 0.00713. The van der Waals surface area contributed by atoms with E-state index in [9.17, 15) is 0 Å². The molecule has 2 saturated heterocycles. The molecule has 0 aliphatic carbocycles. The first-order valence-corrected chi connectivity index (χ1v) is 16.6. The van der Waals surface area contributed by atoms with Crippen molar-refractivity contribution in [3.05, 3.63) is 9.85 Å². The standard InChI is InChI=1S/C10H13O4.3CH3.Sn/c1-10(2)13-8-7-6(4-3-5-11-7)12-9(8)14-10;;;;/h3,6-9H,4H2,1-2H3;3*1H3;/t6-,7+,8-,9-;;;;/m1..../s1. The van der Waals surface area contributed by atoms with Gasteiger partial charge in [-0.2, -0.15) is 0 Å². The molecule has 0 amide bonds. The SMILES string of the molecule is CC1(C)O[C@H]2O[C@@H]3CC=[C]([Sn]([CH3])([CH3])[CH3])O[C@@H]3[C@H]2O1. The van der Waals surface area contributed by atoms with Gasteiger partial charge >= 0.3 is 113 Å². The zero-order valence-corrected chi connectivity index (χ0v) is 14.6. The van der Waals surface area contributed by atoms with Crippen molar-refractivity contribution in [2.45, 2.75) is 65.5 Å². The van der Waals surface area contributed by atoms with Crippen LogP contribution in [-0.4, -0.2) is 48.8 Å². The first kappa shape index (κ1) is 13.2. The third-order valence-corrected chi connectivity index (χ3v) is 8.76. The molecule has 3 rings (SSSR count). The number of hydrogen-bond donors (Lipinski definition) is 0. The Morgan fingerprint density at radius 1 is 1.17 bits per heavy atom. The second kappa shape index (κ2) is 4.10. The second-order valence-electron chi connectivity index (χ2n) is 6.78. The molecule has 0 spiro atoms. The quantitative estimate of drug-likeness (QED) is 0.673. The van der Waals surface area contributed by atoms with Crippen LogP contribution in [0.4, 0.5) is 0 Å². The number of rotatable bonds is 1. The van der Waals surface area contributed by atoms with E-state index in [4.69, 9.17) is 18.9 Å². The van der Waals surface area contributed by atoms with Crippen molar-refractivity contribution in [2.24, 2.45) is 0 Å². The van der Waals surface area contributed by atoms with E-state index in [1.165, 1.54) is 3.78 Å². The van der Waals surface area contributed by atoms with Crippen LogP contribution in [-0.2, 0) is 18.9 Å². The summed E-state index contributed by atoms with van der Waals surface area (Å²) in [5, 5.41) is 0. The van der Waals surface area contributed by atoms with Crippen molar-refractivity contribution in [3.8, 4) is 0 Å². The van der Waals surface area contributed by atoms with Crippen LogP contribution in [0.25, 0.3) is 0 Å². The van der Waals surface area contributed by atoms with Crippen LogP contribution in [0.1, 0.15) is 20.3 Å². The van der Waals surface area contributed by atoms with Gasteiger partial charge in [0.2, 0.25) is 0 Å². The van der Waals surface area contributed by atoms with E-state index in [-0.39, 0.29) is 24.6 Å². The first-order chi connectivity index (χ1) is 8.26. The fourth-order valence-corrected chi connectivity index (χ4v) is 6.26. The molecule has 3 aliphatic rings. The zero-order chi connectivity index (χ0) is 13.1. The van der Waals surface area contributed by atoms with Gasteiger partial charge in [-0.3, -0.25) is 0 Å². The van der Waals surface area contributed by atoms with Gasteiger partial charge in [0.15, 0.2) is 0 Å². The predicted octanol–water partition coefficient (Wildman–Crippen LogP) is 2.41. The van der Waals surface area contributed by atoms with Crippen molar-refractivity contribution < 1.29 is 18.9 Å². The van der Waals surface area contributed by atoms with Crippen LogP contribution in [0.3, 0.4) is 0 Å². The Hall–Kier alpha value is 0.219. The van der Waals surface area contributed by atoms with Crippen molar-refractivity contribution in [1.29, 1.82) is 0 Å². The molecular weight excluding hydrogens is 339 g/mol. The average molecular weight is 361 g/mol. The van der Waals surface area contributed by atoms with Gasteiger partial charge in [-0.25, -0.2) is 0 Å². The molecule has 0 unspecified atom stereocenters. The van der Waals surface area contributed by atoms with Crippen molar-refractivity contribution >= 4 is 18.4 Å². The molecule has 3 heterocycles. The van der Waals surface area contributed by atoms with Crippen LogP contribution in [0.5, 0.6) is 0 Å². The first-order valence-electron chi connectivity index (χ1n) is 6.65. The predicted molar refractivity (Wildman–Crippen MR) is 69.6 cm³/mol. The summed E-state index contributed by atoms with van der Waals surface area (Å²) >= 11 is -2.14. The molecule has 0 aromatic rings. The van der Waals surface area contributed by atoms with Gasteiger partial charge in [-0.1, -0.05) is 0 Å². The number of ether oxygens (including phenoxy) is 4. The van der Waals surface area contributed by atoms with E-state index >= 15 is 0 Å². The van der Waals surface area contributed by atoms with E-state index in [0.29, 0.717) is 0 Å². The summed E-state index contributed by atoms with van der Waals surface area (Å²) in [6, 6.07) is 0. The molecule has 2 fully saturated rings. The maximum absolute atomic E-state index is 6.21. The summed E-state index contributed by atoms with van der Waals surface area (Å²) in [7, 11) is 0. The average Bonchev–Trinajstić information content (AvgIpc) is 2.67. The molecule has 0 bridgehead atoms. The van der Waals surface area contributed by atoms with Gasteiger partial charge in [0, 0.05) is 0 Å². The third-order valence-electron chi connectivity index (χ3n) is 3.63. The minimum atomic E-state index is -2.14. The van der Waals surface area contributed by atoms with E-state index in [1.54, 1.807) is 0 Å². The van der Waals surface area contributed by atoms with Gasteiger partial charge in [-0.15, -0.1) is 0 Å². The Kier molecular flexibility index (Phi) is 3.01. The van der Waals surface area contributed by atoms with Crippen LogP contribution >= 0.6 is 0 Å². The van der Waals surface area contributed by atoms with Crippen molar-refractivity contribution in [3.63, 3.8) is 0 Å². The van der Waals surface area contributed by atoms with Crippen molar-refractivity contribution in [1.82, 2.24) is 0 Å². The molecule has 4 atom stereocenters. The molecule has 0 aromatic heterocycles. The molecule has 0 N–H and O–H groups in total. The summed E-state index contributed by atoms with van der Waals surface area (Å²) in [5.74, 6) is -0.560. The van der Waals surface area contributed by atoms with Crippen LogP contribution in [0.2, 0.25) is 14.8 Å². The second-order valence-corrected chi connectivity index (χ2v) is 21.0. The van der Waals surface area contributed by atoms with Gasteiger partial charge in [0.05, 0.1) is 0 Å². The molecule has 0 radical (unpaired) electrons. The molecule has 18 heavy (non-hydrogen) atoms. The monoisotopic (exact) mass is 362 g/mol. The van der Waals surface area contributed by atoms with Gasteiger partial charge in [0.1, 0.15) is 0 Å². The molecule has 0 saturated carbocycles. The molecule has 5 heteroatoms. The van der Waals surface area contributed by atoms with Crippen LogP contribution in [0.15, 0.2) is 9.85 Å². The molecule has 4 nitrogen and oxygen atoms in total. The fraction of sp³-hybridized carbons (Fsp3) is 0.846. The summed E-state index contributed by atoms with van der Waals surface area (Å²) in [6.45, 7) is 3.85. The van der Waals surface area contributed by atoms with Crippen LogP contribution in [0, 0.1) is 0 Å². The fourth-order valence-electron chi connectivity index (χ4n) is 2.78. The Balaban J connectivity index is 1.78. The Morgan fingerprint density at radius 3 is 2.56 bits per heavy atom. The van der Waals surface area contributed by atoms with Crippen molar-refractivity contribution in [2.75, 3.05) is 0 Å².